The summed E-state index contributed by atoms with van der Waals surface area (Å²) in [5, 5.41) is 10.3. The van der Waals surface area contributed by atoms with Crippen LogP contribution in [-0.2, 0) is 12.8 Å². The molecule has 0 saturated carbocycles. The molecule has 2 aromatic rings. The molecule has 1 aliphatic carbocycles. The van der Waals surface area contributed by atoms with Crippen molar-refractivity contribution in [3.63, 3.8) is 0 Å². The topological polar surface area (TPSA) is 55.1 Å². The van der Waals surface area contributed by atoms with Gasteiger partial charge in [-0.05, 0) is 49.5 Å². The lowest BCUT2D eigenvalue weighted by atomic mass is 10.0. The first-order valence-corrected chi connectivity index (χ1v) is 8.39. The number of aromatic nitrogens is 1. The second-order valence-corrected chi connectivity index (χ2v) is 6.46. The first-order valence-electron chi connectivity index (χ1n) is 7.58. The number of nitrogens with zero attached hydrogens (tertiary/aromatic N) is 2. The maximum absolute atomic E-state index is 9.52. The van der Waals surface area contributed by atoms with Gasteiger partial charge in [0.25, 0.3) is 0 Å². The number of hydrogen-bond donors (Lipinski definition) is 0. The fourth-order valence-electron chi connectivity index (χ4n) is 2.72. The van der Waals surface area contributed by atoms with Crippen LogP contribution in [0.4, 0.5) is 0 Å². The minimum atomic E-state index is 0.594. The van der Waals surface area contributed by atoms with Crippen molar-refractivity contribution in [2.75, 3.05) is 14.2 Å². The largest absolute Gasteiger partial charge is 0.493 e. The summed E-state index contributed by atoms with van der Waals surface area (Å²) < 4.78 is 10.6. The molecule has 0 N–H and O–H groups in total. The van der Waals surface area contributed by atoms with Crippen molar-refractivity contribution in [3.8, 4) is 17.6 Å². The van der Waals surface area contributed by atoms with Gasteiger partial charge in [0.2, 0.25) is 0 Å². The highest BCUT2D eigenvalue weighted by atomic mass is 32.1. The number of fused-ring (bicyclic) bond motifs is 1. The van der Waals surface area contributed by atoms with Crippen molar-refractivity contribution < 1.29 is 9.47 Å². The molecule has 4 nitrogen and oxygen atoms in total. The number of aryl methyl sites for hydroxylation is 2. The van der Waals surface area contributed by atoms with Crippen LogP contribution in [0, 0.1) is 11.3 Å². The van der Waals surface area contributed by atoms with Gasteiger partial charge in [-0.15, -0.1) is 11.3 Å². The Morgan fingerprint density at radius 2 is 2.00 bits per heavy atom. The standard InChI is InChI=1S/C18H18N2O2S/c1-21-15-8-7-12(10-16(15)22-2)9-13(11-19)18-20-14-5-3-4-6-17(14)23-18/h7-10H,3-6H2,1-2H3/b13-9-. The smallest absolute Gasteiger partial charge is 0.161 e. The van der Waals surface area contributed by atoms with Crippen LogP contribution in [0.1, 0.15) is 34.0 Å². The average molecular weight is 326 g/mol. The molecule has 5 heteroatoms. The highest BCUT2D eigenvalue weighted by Crippen LogP contribution is 2.32. The summed E-state index contributed by atoms with van der Waals surface area (Å²) >= 11 is 1.65. The van der Waals surface area contributed by atoms with E-state index in [-0.39, 0.29) is 0 Å². The molecule has 0 bridgehead atoms. The summed E-state index contributed by atoms with van der Waals surface area (Å²) in [7, 11) is 3.21. The second-order valence-electron chi connectivity index (χ2n) is 5.38. The molecule has 1 aromatic heterocycles. The molecule has 23 heavy (non-hydrogen) atoms. The van der Waals surface area contributed by atoms with Crippen LogP contribution >= 0.6 is 11.3 Å². The van der Waals surface area contributed by atoms with Crippen molar-refractivity contribution in [2.45, 2.75) is 25.7 Å². The molecule has 1 heterocycles. The van der Waals surface area contributed by atoms with E-state index < -0.39 is 0 Å². The number of nitriles is 1. The Morgan fingerprint density at radius 3 is 2.70 bits per heavy atom. The van der Waals surface area contributed by atoms with E-state index in [0.717, 1.165) is 23.4 Å². The Bertz CT molecular complexity index is 763. The summed E-state index contributed by atoms with van der Waals surface area (Å²) in [5.41, 5.74) is 2.66. The maximum Gasteiger partial charge on any atom is 0.161 e. The Kier molecular flexibility index (Phi) is 4.63. The van der Waals surface area contributed by atoms with Gasteiger partial charge in [0.1, 0.15) is 11.1 Å². The Balaban J connectivity index is 1.96. The molecule has 0 amide bonds. The van der Waals surface area contributed by atoms with Crippen molar-refractivity contribution in [2.24, 2.45) is 0 Å². The van der Waals surface area contributed by atoms with Crippen molar-refractivity contribution in [3.05, 3.63) is 39.3 Å². The molecule has 3 rings (SSSR count). The van der Waals surface area contributed by atoms with Gasteiger partial charge in [-0.2, -0.15) is 5.26 Å². The van der Waals surface area contributed by atoms with Gasteiger partial charge in [0.15, 0.2) is 11.5 Å². The number of hydrogen-bond acceptors (Lipinski definition) is 5. The van der Waals surface area contributed by atoms with Crippen molar-refractivity contribution in [1.82, 2.24) is 4.98 Å². The molecule has 0 fully saturated rings. The maximum atomic E-state index is 9.52. The van der Waals surface area contributed by atoms with Crippen LogP contribution in [0.25, 0.3) is 11.6 Å². The molecule has 0 atom stereocenters. The van der Waals surface area contributed by atoms with E-state index in [4.69, 9.17) is 9.47 Å². The normalized spacial score (nSPS) is 14.0. The molecule has 0 saturated heterocycles. The second kappa shape index (κ2) is 6.84. The van der Waals surface area contributed by atoms with E-state index >= 15 is 0 Å². The quantitative estimate of drug-likeness (QED) is 0.794. The number of benzene rings is 1. The van der Waals surface area contributed by atoms with E-state index in [1.807, 2.05) is 24.3 Å². The van der Waals surface area contributed by atoms with E-state index in [9.17, 15) is 5.26 Å². The van der Waals surface area contributed by atoms with Crippen LogP contribution in [0.5, 0.6) is 11.5 Å². The predicted molar refractivity (Wildman–Crippen MR) is 91.8 cm³/mol. The highest BCUT2D eigenvalue weighted by Gasteiger charge is 2.17. The number of methoxy groups -OCH3 is 2. The molecular formula is C18H18N2O2S. The third-order valence-electron chi connectivity index (χ3n) is 3.92. The molecular weight excluding hydrogens is 308 g/mol. The summed E-state index contributed by atoms with van der Waals surface area (Å²) in [5.74, 6) is 1.32. The minimum absolute atomic E-state index is 0.594. The van der Waals surface area contributed by atoms with E-state index in [1.165, 1.54) is 23.4 Å². The van der Waals surface area contributed by atoms with Gasteiger partial charge in [-0.1, -0.05) is 6.07 Å². The molecule has 1 aromatic carbocycles. The molecule has 0 radical (unpaired) electrons. The number of thiazole rings is 1. The summed E-state index contributed by atoms with van der Waals surface area (Å²) in [4.78, 5) is 6.00. The van der Waals surface area contributed by atoms with Crippen molar-refractivity contribution >= 4 is 23.0 Å². The van der Waals surface area contributed by atoms with Crippen LogP contribution in [-0.4, -0.2) is 19.2 Å². The lowest BCUT2D eigenvalue weighted by Crippen LogP contribution is -1.99. The fraction of sp³-hybridized carbons (Fsp3) is 0.333. The molecule has 1 aliphatic rings. The van der Waals surface area contributed by atoms with E-state index in [1.54, 1.807) is 25.6 Å². The first-order chi connectivity index (χ1) is 11.2. The fourth-order valence-corrected chi connectivity index (χ4v) is 3.83. The molecule has 0 unspecified atom stereocenters. The van der Waals surface area contributed by atoms with E-state index in [0.29, 0.717) is 17.1 Å². The number of allylic oxidation sites excluding steroid dienone is 1. The lowest BCUT2D eigenvalue weighted by molar-refractivity contribution is 0.355. The molecule has 118 valence electrons. The first kappa shape index (κ1) is 15.6. The zero-order valence-corrected chi connectivity index (χ0v) is 14.1. The van der Waals surface area contributed by atoms with Gasteiger partial charge >= 0.3 is 0 Å². The summed E-state index contributed by atoms with van der Waals surface area (Å²) in [6.07, 6.45) is 6.38. The monoisotopic (exact) mass is 326 g/mol. The van der Waals surface area contributed by atoms with E-state index in [2.05, 4.69) is 11.1 Å². The number of ether oxygens (including phenoxy) is 2. The van der Waals surface area contributed by atoms with Gasteiger partial charge in [-0.3, -0.25) is 0 Å². The minimum Gasteiger partial charge on any atom is -0.493 e. The Hall–Kier alpha value is -2.32. The highest BCUT2D eigenvalue weighted by molar-refractivity contribution is 7.13. The number of rotatable bonds is 4. The zero-order valence-electron chi connectivity index (χ0n) is 13.3. The van der Waals surface area contributed by atoms with Crippen LogP contribution in [0.2, 0.25) is 0 Å². The predicted octanol–water partition coefficient (Wildman–Crippen LogP) is 4.10. The van der Waals surface area contributed by atoms with Crippen molar-refractivity contribution in [1.29, 1.82) is 5.26 Å². The summed E-state index contributed by atoms with van der Waals surface area (Å²) in [6.45, 7) is 0. The van der Waals surface area contributed by atoms with Crippen LogP contribution in [0.3, 0.4) is 0 Å². The summed E-state index contributed by atoms with van der Waals surface area (Å²) in [6, 6.07) is 7.89. The molecule has 0 spiro atoms. The third-order valence-corrected chi connectivity index (χ3v) is 5.11. The van der Waals surface area contributed by atoms with Crippen LogP contribution in [0.15, 0.2) is 18.2 Å². The average Bonchev–Trinajstić information content (AvgIpc) is 3.03. The van der Waals surface area contributed by atoms with Gasteiger partial charge in [0.05, 0.1) is 25.5 Å². The van der Waals surface area contributed by atoms with Gasteiger partial charge in [0, 0.05) is 4.88 Å². The van der Waals surface area contributed by atoms with Gasteiger partial charge in [-0.25, -0.2) is 4.98 Å². The molecule has 0 aliphatic heterocycles. The SMILES string of the molecule is COc1ccc(/C=C(/C#N)c2nc3c(s2)CCCC3)cc1OC. The van der Waals surface area contributed by atoms with Gasteiger partial charge < -0.3 is 9.47 Å². The third kappa shape index (κ3) is 3.22. The Labute approximate surface area is 140 Å². The lowest BCUT2D eigenvalue weighted by Gasteiger charge is -2.07. The van der Waals surface area contributed by atoms with Crippen LogP contribution < -0.4 is 9.47 Å². The zero-order chi connectivity index (χ0) is 16.2. The Morgan fingerprint density at radius 1 is 1.22 bits per heavy atom.